The van der Waals surface area contributed by atoms with Crippen molar-refractivity contribution in [3.63, 3.8) is 0 Å². The summed E-state index contributed by atoms with van der Waals surface area (Å²) < 4.78 is 5.36. The van der Waals surface area contributed by atoms with Gasteiger partial charge in [0, 0.05) is 24.8 Å². The number of benzene rings is 1. The molecule has 1 aromatic rings. The van der Waals surface area contributed by atoms with Gasteiger partial charge in [0.2, 0.25) is 11.8 Å². The Bertz CT molecular complexity index is 767. The van der Waals surface area contributed by atoms with E-state index in [1.165, 1.54) is 19.3 Å². The first-order valence-electron chi connectivity index (χ1n) is 11.3. The standard InChI is InChI=1S/C24H32N2O4/c1-2-30-20-5-3-19(4-6-20)21(27)7-8-22(28)25-26-23(29)15-24-12-16-9-17(13-24)11-18(10-16)14-24/h3-6,16-18H,2,7-15H2,1H3,(H,25,28)(H,26,29). The fraction of sp³-hybridized carbons (Fsp3) is 0.625. The van der Waals surface area contributed by atoms with Crippen LogP contribution in [0.2, 0.25) is 0 Å². The number of hydrogen-bond donors (Lipinski definition) is 2. The Morgan fingerprint density at radius 2 is 1.47 bits per heavy atom. The smallest absolute Gasteiger partial charge is 0.238 e. The molecule has 0 heterocycles. The fourth-order valence-corrected chi connectivity index (χ4v) is 6.37. The molecule has 0 aromatic heterocycles. The molecule has 5 rings (SSSR count). The zero-order valence-corrected chi connectivity index (χ0v) is 17.7. The molecule has 6 heteroatoms. The Balaban J connectivity index is 1.18. The Morgan fingerprint density at radius 3 is 2.03 bits per heavy atom. The molecule has 4 aliphatic carbocycles. The van der Waals surface area contributed by atoms with E-state index in [0.717, 1.165) is 37.0 Å². The van der Waals surface area contributed by atoms with Gasteiger partial charge in [-0.2, -0.15) is 0 Å². The lowest BCUT2D eigenvalue weighted by molar-refractivity contribution is -0.134. The van der Waals surface area contributed by atoms with Crippen molar-refractivity contribution in [2.24, 2.45) is 23.2 Å². The van der Waals surface area contributed by atoms with E-state index in [1.807, 2.05) is 6.92 Å². The van der Waals surface area contributed by atoms with Gasteiger partial charge in [0.1, 0.15) is 5.75 Å². The zero-order chi connectivity index (χ0) is 21.1. The van der Waals surface area contributed by atoms with Gasteiger partial charge in [0.25, 0.3) is 0 Å². The van der Waals surface area contributed by atoms with Crippen LogP contribution in [0.25, 0.3) is 0 Å². The monoisotopic (exact) mass is 412 g/mol. The number of nitrogens with one attached hydrogen (secondary N) is 2. The SMILES string of the molecule is CCOc1ccc(C(=O)CCC(=O)NNC(=O)CC23CC4CC(CC(C4)C2)C3)cc1. The molecule has 1 aromatic carbocycles. The van der Waals surface area contributed by atoms with E-state index in [2.05, 4.69) is 10.9 Å². The maximum atomic E-state index is 12.5. The molecule has 4 saturated carbocycles. The molecule has 4 fully saturated rings. The average Bonchev–Trinajstić information content (AvgIpc) is 2.70. The van der Waals surface area contributed by atoms with E-state index in [1.54, 1.807) is 24.3 Å². The van der Waals surface area contributed by atoms with Crippen molar-refractivity contribution in [2.45, 2.75) is 64.7 Å². The minimum absolute atomic E-state index is 0.0453. The molecular formula is C24H32N2O4. The number of hydrogen-bond acceptors (Lipinski definition) is 4. The Labute approximate surface area is 178 Å². The van der Waals surface area contributed by atoms with Crippen LogP contribution in [-0.2, 0) is 9.59 Å². The van der Waals surface area contributed by atoms with Gasteiger partial charge in [-0.3, -0.25) is 25.2 Å². The topological polar surface area (TPSA) is 84.5 Å². The zero-order valence-electron chi connectivity index (χ0n) is 17.7. The lowest BCUT2D eigenvalue weighted by Gasteiger charge is -2.56. The number of ketones is 1. The summed E-state index contributed by atoms with van der Waals surface area (Å²) in [4.78, 5) is 36.8. The highest BCUT2D eigenvalue weighted by Gasteiger charge is 2.51. The van der Waals surface area contributed by atoms with Crippen molar-refractivity contribution in [1.29, 1.82) is 0 Å². The number of carbonyl (C=O) groups excluding carboxylic acids is 3. The van der Waals surface area contributed by atoms with E-state index >= 15 is 0 Å². The predicted octanol–water partition coefficient (Wildman–Crippen LogP) is 3.80. The van der Waals surface area contributed by atoms with E-state index in [0.29, 0.717) is 24.3 Å². The van der Waals surface area contributed by atoms with Crippen LogP contribution in [0.4, 0.5) is 0 Å². The van der Waals surface area contributed by atoms with Crippen molar-refractivity contribution < 1.29 is 19.1 Å². The molecule has 0 unspecified atom stereocenters. The molecule has 4 aliphatic rings. The van der Waals surface area contributed by atoms with Crippen LogP contribution in [0.5, 0.6) is 5.75 Å². The summed E-state index contributed by atoms with van der Waals surface area (Å²) in [6.45, 7) is 2.47. The van der Waals surface area contributed by atoms with Crippen LogP contribution in [0.15, 0.2) is 24.3 Å². The summed E-state index contributed by atoms with van der Waals surface area (Å²) in [5.74, 6) is 2.56. The maximum absolute atomic E-state index is 12.5. The first-order valence-corrected chi connectivity index (χ1v) is 11.3. The van der Waals surface area contributed by atoms with Crippen molar-refractivity contribution >= 4 is 17.6 Å². The number of Topliss-reactive ketones (excluding diaryl/α,β-unsaturated/α-hetero) is 1. The van der Waals surface area contributed by atoms with Gasteiger partial charge >= 0.3 is 0 Å². The molecule has 0 saturated heterocycles. The van der Waals surface area contributed by atoms with Gasteiger partial charge in [0.15, 0.2) is 5.78 Å². The number of hydrazine groups is 1. The highest BCUT2D eigenvalue weighted by atomic mass is 16.5. The van der Waals surface area contributed by atoms with Crippen molar-refractivity contribution in [3.05, 3.63) is 29.8 Å². The van der Waals surface area contributed by atoms with Crippen molar-refractivity contribution in [3.8, 4) is 5.75 Å². The van der Waals surface area contributed by atoms with E-state index in [-0.39, 0.29) is 35.9 Å². The minimum Gasteiger partial charge on any atom is -0.494 e. The molecule has 2 amide bonds. The van der Waals surface area contributed by atoms with Crippen LogP contribution in [-0.4, -0.2) is 24.2 Å². The molecule has 0 atom stereocenters. The molecule has 0 radical (unpaired) electrons. The molecule has 2 N–H and O–H groups in total. The van der Waals surface area contributed by atoms with Gasteiger partial charge in [-0.15, -0.1) is 0 Å². The second kappa shape index (κ2) is 8.78. The van der Waals surface area contributed by atoms with Crippen LogP contribution in [0, 0.1) is 23.2 Å². The van der Waals surface area contributed by atoms with Crippen LogP contribution in [0.3, 0.4) is 0 Å². The average molecular weight is 413 g/mol. The molecule has 0 spiro atoms. The highest BCUT2D eigenvalue weighted by Crippen LogP contribution is 2.61. The summed E-state index contributed by atoms with van der Waals surface area (Å²) in [6, 6.07) is 6.92. The van der Waals surface area contributed by atoms with Crippen molar-refractivity contribution in [1.82, 2.24) is 10.9 Å². The van der Waals surface area contributed by atoms with Crippen LogP contribution >= 0.6 is 0 Å². The second-order valence-corrected chi connectivity index (χ2v) is 9.57. The third-order valence-electron chi connectivity index (χ3n) is 7.11. The van der Waals surface area contributed by atoms with Gasteiger partial charge in [0.05, 0.1) is 6.61 Å². The lowest BCUT2D eigenvalue weighted by atomic mass is 9.49. The maximum Gasteiger partial charge on any atom is 0.238 e. The quantitative estimate of drug-likeness (QED) is 0.502. The Morgan fingerprint density at radius 1 is 0.900 bits per heavy atom. The first kappa shape index (κ1) is 20.9. The fourth-order valence-electron chi connectivity index (χ4n) is 6.37. The predicted molar refractivity (Wildman–Crippen MR) is 113 cm³/mol. The van der Waals surface area contributed by atoms with Crippen LogP contribution < -0.4 is 15.6 Å². The summed E-state index contributed by atoms with van der Waals surface area (Å²) in [7, 11) is 0. The minimum atomic E-state index is -0.340. The van der Waals surface area contributed by atoms with E-state index in [4.69, 9.17) is 4.74 Å². The molecule has 30 heavy (non-hydrogen) atoms. The Kier molecular flexibility index (Phi) is 6.11. The molecule has 4 bridgehead atoms. The van der Waals surface area contributed by atoms with Gasteiger partial charge < -0.3 is 4.74 Å². The van der Waals surface area contributed by atoms with Crippen molar-refractivity contribution in [2.75, 3.05) is 6.61 Å². The summed E-state index contributed by atoms with van der Waals surface area (Å²) in [6.07, 6.45) is 8.18. The number of amides is 2. The van der Waals surface area contributed by atoms with Crippen LogP contribution in [0.1, 0.15) is 75.1 Å². The van der Waals surface area contributed by atoms with Gasteiger partial charge in [-0.25, -0.2) is 0 Å². The first-order chi connectivity index (χ1) is 14.4. The molecular weight excluding hydrogens is 380 g/mol. The summed E-state index contributed by atoms with van der Waals surface area (Å²) in [5.41, 5.74) is 5.76. The number of carbonyl (C=O) groups is 3. The third kappa shape index (κ3) is 4.85. The third-order valence-corrected chi connectivity index (χ3v) is 7.11. The molecule has 162 valence electrons. The normalized spacial score (nSPS) is 28.8. The van der Waals surface area contributed by atoms with E-state index in [9.17, 15) is 14.4 Å². The van der Waals surface area contributed by atoms with Gasteiger partial charge in [-0.05, 0) is 92.9 Å². The Hall–Kier alpha value is -2.37. The molecule has 0 aliphatic heterocycles. The summed E-state index contributed by atoms with van der Waals surface area (Å²) in [5, 5.41) is 0. The second-order valence-electron chi connectivity index (χ2n) is 9.57. The van der Waals surface area contributed by atoms with E-state index < -0.39 is 0 Å². The number of ether oxygens (including phenoxy) is 1. The summed E-state index contributed by atoms with van der Waals surface area (Å²) >= 11 is 0. The lowest BCUT2D eigenvalue weighted by Crippen LogP contribution is -2.50. The highest BCUT2D eigenvalue weighted by molar-refractivity contribution is 5.98. The molecule has 6 nitrogen and oxygen atoms in total. The largest absolute Gasteiger partial charge is 0.494 e. The number of rotatable bonds is 8. The van der Waals surface area contributed by atoms with Gasteiger partial charge in [-0.1, -0.05) is 0 Å².